The highest BCUT2D eigenvalue weighted by atomic mass is 16.2. The van der Waals surface area contributed by atoms with E-state index < -0.39 is 0 Å². The number of hydrogen-bond donors (Lipinski definition) is 1. The van der Waals surface area contributed by atoms with Crippen molar-refractivity contribution in [2.45, 2.75) is 57.5 Å². The summed E-state index contributed by atoms with van der Waals surface area (Å²) >= 11 is 0. The molecular weight excluding hydrogens is 368 g/mol. The third-order valence-corrected chi connectivity index (χ3v) is 5.93. The van der Waals surface area contributed by atoms with Crippen molar-refractivity contribution in [1.29, 1.82) is 0 Å². The van der Waals surface area contributed by atoms with Crippen molar-refractivity contribution in [1.82, 2.24) is 14.7 Å². The van der Waals surface area contributed by atoms with Gasteiger partial charge in [0.05, 0.1) is 0 Å². The van der Waals surface area contributed by atoms with Crippen LogP contribution < -0.4 is 5.32 Å². The molecule has 0 bridgehead atoms. The predicted molar refractivity (Wildman–Crippen MR) is 112 cm³/mol. The third-order valence-electron chi connectivity index (χ3n) is 5.93. The lowest BCUT2D eigenvalue weighted by Crippen LogP contribution is -2.33. The van der Waals surface area contributed by atoms with Gasteiger partial charge < -0.3 is 10.2 Å². The zero-order valence-electron chi connectivity index (χ0n) is 17.5. The van der Waals surface area contributed by atoms with Crippen LogP contribution in [0.15, 0.2) is 24.3 Å². The van der Waals surface area contributed by atoms with Crippen LogP contribution in [0.25, 0.3) is 0 Å². The summed E-state index contributed by atoms with van der Waals surface area (Å²) in [6, 6.07) is 8.25. The van der Waals surface area contributed by atoms with Gasteiger partial charge in [-0.1, -0.05) is 37.5 Å². The van der Waals surface area contributed by atoms with E-state index in [0.717, 1.165) is 17.8 Å². The lowest BCUT2D eigenvalue weighted by Gasteiger charge is -2.31. The molecule has 0 spiro atoms. The second-order valence-electron chi connectivity index (χ2n) is 8.20. The molecular formula is C22H32N4O3. The second kappa shape index (κ2) is 9.87. The van der Waals surface area contributed by atoms with Crippen LogP contribution in [-0.2, 0) is 16.1 Å². The van der Waals surface area contributed by atoms with Crippen molar-refractivity contribution in [3.05, 3.63) is 29.8 Å². The Morgan fingerprint density at radius 1 is 1.17 bits per heavy atom. The van der Waals surface area contributed by atoms with E-state index >= 15 is 0 Å². The average Bonchev–Trinajstić information content (AvgIpc) is 2.96. The molecule has 1 saturated heterocycles. The zero-order chi connectivity index (χ0) is 20.8. The molecule has 0 atom stereocenters. The maximum absolute atomic E-state index is 12.4. The molecule has 1 aliphatic carbocycles. The zero-order valence-corrected chi connectivity index (χ0v) is 17.5. The van der Waals surface area contributed by atoms with E-state index in [1.54, 1.807) is 7.05 Å². The first-order valence-corrected chi connectivity index (χ1v) is 10.6. The van der Waals surface area contributed by atoms with E-state index in [4.69, 9.17) is 0 Å². The summed E-state index contributed by atoms with van der Waals surface area (Å²) in [6.07, 6.45) is 7.15. The van der Waals surface area contributed by atoms with E-state index in [1.807, 2.05) is 18.2 Å². The second-order valence-corrected chi connectivity index (χ2v) is 8.20. The van der Waals surface area contributed by atoms with Gasteiger partial charge >= 0.3 is 6.03 Å². The van der Waals surface area contributed by atoms with Gasteiger partial charge in [-0.25, -0.2) is 4.79 Å². The molecule has 1 aromatic carbocycles. The maximum Gasteiger partial charge on any atom is 0.326 e. The minimum Gasteiger partial charge on any atom is -0.326 e. The highest BCUT2D eigenvalue weighted by Gasteiger charge is 2.32. The monoisotopic (exact) mass is 400 g/mol. The fraction of sp³-hybridized carbons (Fsp3) is 0.591. The molecule has 0 unspecified atom stereocenters. The molecule has 158 valence electrons. The Bertz CT molecular complexity index is 745. The van der Waals surface area contributed by atoms with Crippen molar-refractivity contribution in [3.8, 4) is 0 Å². The van der Waals surface area contributed by atoms with Crippen molar-refractivity contribution in [2.24, 2.45) is 0 Å². The number of urea groups is 1. The van der Waals surface area contributed by atoms with Gasteiger partial charge in [-0.05, 0) is 37.9 Å². The highest BCUT2D eigenvalue weighted by Crippen LogP contribution is 2.25. The summed E-state index contributed by atoms with van der Waals surface area (Å²) in [7, 11) is 3.77. The van der Waals surface area contributed by atoms with E-state index in [1.165, 1.54) is 41.9 Å². The number of nitrogens with one attached hydrogen (secondary N) is 1. The molecule has 3 rings (SSSR count). The summed E-state index contributed by atoms with van der Waals surface area (Å²) in [4.78, 5) is 41.1. The summed E-state index contributed by atoms with van der Waals surface area (Å²) < 4.78 is 0. The minimum absolute atomic E-state index is 0.0924. The molecule has 7 nitrogen and oxygen atoms in total. The van der Waals surface area contributed by atoms with Crippen LogP contribution in [0.4, 0.5) is 10.5 Å². The molecule has 2 fully saturated rings. The number of hydrogen-bond acceptors (Lipinski definition) is 4. The van der Waals surface area contributed by atoms with Gasteiger partial charge in [0.2, 0.25) is 11.8 Å². The van der Waals surface area contributed by atoms with Crippen LogP contribution in [0, 0.1) is 0 Å². The molecule has 2 aliphatic rings. The Kier molecular flexibility index (Phi) is 7.25. The van der Waals surface area contributed by atoms with Crippen LogP contribution in [0.3, 0.4) is 0 Å². The number of benzene rings is 1. The van der Waals surface area contributed by atoms with Crippen LogP contribution >= 0.6 is 0 Å². The van der Waals surface area contributed by atoms with Gasteiger partial charge in [0.25, 0.3) is 0 Å². The van der Waals surface area contributed by atoms with Gasteiger partial charge in [-0.3, -0.25) is 19.4 Å². The lowest BCUT2D eigenvalue weighted by molar-refractivity contribution is -0.125. The topological polar surface area (TPSA) is 73.0 Å². The van der Waals surface area contributed by atoms with Gasteiger partial charge in [0, 0.05) is 38.3 Å². The fourth-order valence-electron chi connectivity index (χ4n) is 4.20. The predicted octanol–water partition coefficient (Wildman–Crippen LogP) is 3.06. The molecule has 1 saturated carbocycles. The number of amides is 4. The highest BCUT2D eigenvalue weighted by molar-refractivity contribution is 6.01. The van der Waals surface area contributed by atoms with Gasteiger partial charge in [0.1, 0.15) is 6.54 Å². The summed E-state index contributed by atoms with van der Waals surface area (Å²) in [5.74, 6) is -0.292. The first kappa shape index (κ1) is 21.3. The summed E-state index contributed by atoms with van der Waals surface area (Å²) in [5.41, 5.74) is 1.95. The van der Waals surface area contributed by atoms with Crippen LogP contribution in [0.1, 0.15) is 50.5 Å². The number of anilines is 1. The third kappa shape index (κ3) is 5.56. The largest absolute Gasteiger partial charge is 0.326 e. The van der Waals surface area contributed by atoms with Crippen LogP contribution in [0.2, 0.25) is 0 Å². The molecule has 1 heterocycles. The number of rotatable bonds is 8. The number of para-hydroxylation sites is 1. The molecule has 29 heavy (non-hydrogen) atoms. The first-order chi connectivity index (χ1) is 14.0. The van der Waals surface area contributed by atoms with Gasteiger partial charge in [0.15, 0.2) is 0 Å². The quantitative estimate of drug-likeness (QED) is 0.681. The van der Waals surface area contributed by atoms with Crippen LogP contribution in [-0.4, -0.2) is 65.8 Å². The molecule has 0 radical (unpaired) electrons. The Labute approximate surface area is 173 Å². The number of nitrogens with zero attached hydrogens (tertiary/aromatic N) is 3. The van der Waals surface area contributed by atoms with Gasteiger partial charge in [-0.15, -0.1) is 0 Å². The Morgan fingerprint density at radius 2 is 1.90 bits per heavy atom. The molecule has 0 aromatic heterocycles. The molecule has 4 amide bonds. The van der Waals surface area contributed by atoms with E-state index in [2.05, 4.69) is 23.3 Å². The lowest BCUT2D eigenvalue weighted by atomic mass is 9.94. The Morgan fingerprint density at radius 3 is 2.59 bits per heavy atom. The SMILES string of the molecule is CN1CC(=O)N(CCCC(=O)Nc2ccccc2CN(C)C2CCCCC2)C1=O. The van der Waals surface area contributed by atoms with Crippen molar-refractivity contribution in [3.63, 3.8) is 0 Å². The van der Waals surface area contributed by atoms with Gasteiger partial charge in [-0.2, -0.15) is 0 Å². The van der Waals surface area contributed by atoms with Crippen molar-refractivity contribution < 1.29 is 14.4 Å². The molecule has 7 heteroatoms. The van der Waals surface area contributed by atoms with E-state index in [-0.39, 0.29) is 37.4 Å². The number of likely N-dealkylation sites (N-methyl/N-ethyl adjacent to an activating group) is 1. The number of carbonyl (C=O) groups is 3. The summed E-state index contributed by atoms with van der Waals surface area (Å²) in [6.45, 7) is 1.21. The Hall–Kier alpha value is -2.41. The van der Waals surface area contributed by atoms with Crippen molar-refractivity contribution in [2.75, 3.05) is 32.5 Å². The van der Waals surface area contributed by atoms with E-state index in [0.29, 0.717) is 12.5 Å². The standard InChI is InChI=1S/C22H32N4O3/c1-24(18-10-4-3-5-11-18)15-17-9-6-7-12-19(17)23-20(27)13-8-14-26-21(28)16-25(2)22(26)29/h6-7,9,12,18H,3-5,8,10-11,13-16H2,1-2H3,(H,23,27). The fourth-order valence-corrected chi connectivity index (χ4v) is 4.20. The maximum atomic E-state index is 12.4. The van der Waals surface area contributed by atoms with Crippen molar-refractivity contribution >= 4 is 23.5 Å². The normalized spacial score (nSPS) is 18.0. The number of imide groups is 1. The number of carbonyl (C=O) groups excluding carboxylic acids is 3. The molecule has 1 aromatic rings. The van der Waals surface area contributed by atoms with E-state index in [9.17, 15) is 14.4 Å². The smallest absolute Gasteiger partial charge is 0.326 e. The molecule has 1 N–H and O–H groups in total. The Balaban J connectivity index is 1.50. The molecule has 1 aliphatic heterocycles. The minimum atomic E-state index is -0.286. The average molecular weight is 401 g/mol. The summed E-state index contributed by atoms with van der Waals surface area (Å²) in [5, 5.41) is 3.01. The first-order valence-electron chi connectivity index (χ1n) is 10.6. The van der Waals surface area contributed by atoms with Crippen LogP contribution in [0.5, 0.6) is 0 Å².